The van der Waals surface area contributed by atoms with E-state index in [1.165, 1.54) is 15.8 Å². The van der Waals surface area contributed by atoms with Gasteiger partial charge >= 0.3 is 0 Å². The van der Waals surface area contributed by atoms with Gasteiger partial charge in [-0.05, 0) is 40.1 Å². The molecule has 1 aromatic carbocycles. The highest BCUT2D eigenvalue weighted by Crippen LogP contribution is 2.26. The zero-order valence-corrected chi connectivity index (χ0v) is 8.94. The summed E-state index contributed by atoms with van der Waals surface area (Å²) in [6.07, 6.45) is 0. The van der Waals surface area contributed by atoms with Gasteiger partial charge in [0.25, 0.3) is 0 Å². The second-order valence-corrected chi connectivity index (χ2v) is 4.71. The fourth-order valence-corrected chi connectivity index (χ4v) is 2.79. The minimum Gasteiger partial charge on any atom is -0.245 e. The molecule has 0 aliphatic heterocycles. The van der Waals surface area contributed by atoms with Crippen LogP contribution in [0.15, 0.2) is 40.5 Å². The quantitative estimate of drug-likeness (QED) is 0.600. The van der Waals surface area contributed by atoms with Gasteiger partial charge in [-0.1, -0.05) is 6.07 Å². The van der Waals surface area contributed by atoms with E-state index in [1.54, 1.807) is 22.7 Å². The minimum absolute atomic E-state index is 1.10. The molecule has 0 bridgehead atoms. The molecule has 3 aromatic rings. The Morgan fingerprint density at radius 1 is 1.07 bits per heavy atom. The van der Waals surface area contributed by atoms with Crippen LogP contribution < -0.4 is 0 Å². The highest BCUT2D eigenvalue weighted by Gasteiger charge is 2.01. The van der Waals surface area contributed by atoms with E-state index < -0.39 is 0 Å². The lowest BCUT2D eigenvalue weighted by Crippen LogP contribution is -1.73. The molecule has 0 saturated heterocycles. The third-order valence-electron chi connectivity index (χ3n) is 2.18. The van der Waals surface area contributed by atoms with E-state index in [9.17, 15) is 0 Å². The van der Waals surface area contributed by atoms with Crippen molar-refractivity contribution in [1.82, 2.24) is 4.98 Å². The second-order valence-electron chi connectivity index (χ2n) is 3.05. The lowest BCUT2D eigenvalue weighted by molar-refractivity contribution is 1.50. The summed E-state index contributed by atoms with van der Waals surface area (Å²) in [6.45, 7) is 0. The Kier molecular flexibility index (Phi) is 1.85. The topological polar surface area (TPSA) is 12.9 Å². The molecule has 0 aliphatic carbocycles. The zero-order chi connectivity index (χ0) is 9.38. The molecule has 0 spiro atoms. The standard InChI is InChI=1S/C11H7NS2/c1-2-11-10(12-7-14-11)5-8(1)9-3-4-13-6-9/h1-7H. The van der Waals surface area contributed by atoms with Gasteiger partial charge < -0.3 is 0 Å². The summed E-state index contributed by atoms with van der Waals surface area (Å²) >= 11 is 3.41. The van der Waals surface area contributed by atoms with Crippen molar-refractivity contribution in [2.45, 2.75) is 0 Å². The monoisotopic (exact) mass is 217 g/mol. The maximum Gasteiger partial charge on any atom is 0.0818 e. The molecular weight excluding hydrogens is 210 g/mol. The van der Waals surface area contributed by atoms with E-state index in [0.717, 1.165) is 5.52 Å². The van der Waals surface area contributed by atoms with Crippen molar-refractivity contribution in [2.24, 2.45) is 0 Å². The number of hydrogen-bond acceptors (Lipinski definition) is 3. The molecular formula is C11H7NS2. The molecule has 0 unspecified atom stereocenters. The Bertz CT molecular complexity index is 551. The van der Waals surface area contributed by atoms with Crippen molar-refractivity contribution in [3.05, 3.63) is 40.5 Å². The number of thiophene rings is 1. The normalized spacial score (nSPS) is 10.9. The van der Waals surface area contributed by atoms with Crippen LogP contribution in [0.1, 0.15) is 0 Å². The van der Waals surface area contributed by atoms with E-state index >= 15 is 0 Å². The summed E-state index contributed by atoms with van der Waals surface area (Å²) in [5.41, 5.74) is 5.52. The number of aromatic nitrogens is 1. The lowest BCUT2D eigenvalue weighted by atomic mass is 10.1. The molecule has 3 heteroatoms. The van der Waals surface area contributed by atoms with Crippen LogP contribution in [0.5, 0.6) is 0 Å². The summed E-state index contributed by atoms with van der Waals surface area (Å²) in [7, 11) is 0. The molecule has 14 heavy (non-hydrogen) atoms. The first-order valence-electron chi connectivity index (χ1n) is 4.29. The molecule has 0 atom stereocenters. The van der Waals surface area contributed by atoms with Gasteiger partial charge in [0.05, 0.1) is 15.7 Å². The fourth-order valence-electron chi connectivity index (χ4n) is 1.47. The van der Waals surface area contributed by atoms with Crippen LogP contribution in [-0.2, 0) is 0 Å². The SMILES string of the molecule is c1cc(-c2ccc3scnc3c2)cs1. The first-order valence-corrected chi connectivity index (χ1v) is 6.11. The average Bonchev–Trinajstić information content (AvgIpc) is 2.88. The molecule has 68 valence electrons. The van der Waals surface area contributed by atoms with Crippen molar-refractivity contribution >= 4 is 32.9 Å². The molecule has 1 nitrogen and oxygen atoms in total. The van der Waals surface area contributed by atoms with E-state index in [1.807, 2.05) is 5.51 Å². The van der Waals surface area contributed by atoms with Crippen LogP contribution in [0.3, 0.4) is 0 Å². The number of benzene rings is 1. The summed E-state index contributed by atoms with van der Waals surface area (Å²) in [6, 6.07) is 8.58. The van der Waals surface area contributed by atoms with Gasteiger partial charge in [-0.25, -0.2) is 4.98 Å². The molecule has 2 aromatic heterocycles. The highest BCUT2D eigenvalue weighted by atomic mass is 32.1. The molecule has 0 aliphatic rings. The molecule has 0 radical (unpaired) electrons. The second kappa shape index (κ2) is 3.19. The van der Waals surface area contributed by atoms with Gasteiger partial charge in [0.2, 0.25) is 0 Å². The van der Waals surface area contributed by atoms with Gasteiger partial charge in [-0.15, -0.1) is 11.3 Å². The van der Waals surface area contributed by atoms with Crippen LogP contribution in [-0.4, -0.2) is 4.98 Å². The average molecular weight is 217 g/mol. The van der Waals surface area contributed by atoms with Crippen molar-refractivity contribution in [1.29, 1.82) is 0 Å². The molecule has 0 N–H and O–H groups in total. The van der Waals surface area contributed by atoms with Crippen LogP contribution in [0, 0.1) is 0 Å². The predicted molar refractivity (Wildman–Crippen MR) is 62.9 cm³/mol. The molecule has 2 heterocycles. The third-order valence-corrected chi connectivity index (χ3v) is 3.68. The number of hydrogen-bond donors (Lipinski definition) is 0. The number of thiazole rings is 1. The molecule has 0 fully saturated rings. The van der Waals surface area contributed by atoms with Gasteiger partial charge in [-0.2, -0.15) is 11.3 Å². The summed E-state index contributed by atoms with van der Waals surface area (Å²) < 4.78 is 1.25. The Labute approximate surface area is 89.7 Å². The number of fused-ring (bicyclic) bond motifs is 1. The van der Waals surface area contributed by atoms with Crippen molar-refractivity contribution in [2.75, 3.05) is 0 Å². The number of rotatable bonds is 1. The third kappa shape index (κ3) is 1.25. The Morgan fingerprint density at radius 2 is 2.07 bits per heavy atom. The summed E-state index contributed by atoms with van der Waals surface area (Å²) in [5, 5.41) is 4.26. The van der Waals surface area contributed by atoms with Crippen LogP contribution in [0.2, 0.25) is 0 Å². The van der Waals surface area contributed by atoms with E-state index in [0.29, 0.717) is 0 Å². The van der Waals surface area contributed by atoms with Crippen molar-refractivity contribution < 1.29 is 0 Å². The maximum atomic E-state index is 4.31. The predicted octanol–water partition coefficient (Wildman–Crippen LogP) is 4.02. The van der Waals surface area contributed by atoms with Crippen molar-refractivity contribution in [3.63, 3.8) is 0 Å². The number of nitrogens with zero attached hydrogens (tertiary/aromatic N) is 1. The Morgan fingerprint density at radius 3 is 2.93 bits per heavy atom. The van der Waals surface area contributed by atoms with Gasteiger partial charge in [0.15, 0.2) is 0 Å². The molecule has 0 saturated carbocycles. The fraction of sp³-hybridized carbons (Fsp3) is 0. The smallest absolute Gasteiger partial charge is 0.0818 e. The summed E-state index contributed by atoms with van der Waals surface area (Å²) in [5.74, 6) is 0. The Hall–Kier alpha value is -1.19. The van der Waals surface area contributed by atoms with Gasteiger partial charge in [0, 0.05) is 0 Å². The Balaban J connectivity index is 2.23. The van der Waals surface area contributed by atoms with Crippen molar-refractivity contribution in [3.8, 4) is 11.1 Å². The van der Waals surface area contributed by atoms with Gasteiger partial charge in [0.1, 0.15) is 0 Å². The van der Waals surface area contributed by atoms with Gasteiger partial charge in [-0.3, -0.25) is 0 Å². The van der Waals surface area contributed by atoms with E-state index in [4.69, 9.17) is 0 Å². The largest absolute Gasteiger partial charge is 0.245 e. The highest BCUT2D eigenvalue weighted by molar-refractivity contribution is 7.16. The summed E-state index contributed by atoms with van der Waals surface area (Å²) in [4.78, 5) is 4.31. The molecule has 3 rings (SSSR count). The van der Waals surface area contributed by atoms with Crippen LogP contribution >= 0.6 is 22.7 Å². The van der Waals surface area contributed by atoms with Crippen LogP contribution in [0.25, 0.3) is 21.3 Å². The van der Waals surface area contributed by atoms with E-state index in [2.05, 4.69) is 40.0 Å². The van der Waals surface area contributed by atoms with Crippen LogP contribution in [0.4, 0.5) is 0 Å². The zero-order valence-electron chi connectivity index (χ0n) is 7.31. The molecule has 0 amide bonds. The maximum absolute atomic E-state index is 4.31. The minimum atomic E-state index is 1.10. The lowest BCUT2D eigenvalue weighted by Gasteiger charge is -1.96. The first kappa shape index (κ1) is 8.15. The van der Waals surface area contributed by atoms with E-state index in [-0.39, 0.29) is 0 Å². The first-order chi connectivity index (χ1) is 6.93.